The predicted molar refractivity (Wildman–Crippen MR) is 82.5 cm³/mol. The Morgan fingerprint density at radius 1 is 1.05 bits per heavy atom. The van der Waals surface area contributed by atoms with Crippen LogP contribution in [0.5, 0.6) is 0 Å². The average Bonchev–Trinajstić information content (AvgIpc) is 2.42. The molecule has 104 valence electrons. The fourth-order valence-electron chi connectivity index (χ4n) is 1.90. The first-order chi connectivity index (χ1) is 9.49. The molecule has 0 radical (unpaired) electrons. The van der Waals surface area contributed by atoms with E-state index in [0.29, 0.717) is 10.9 Å². The molecule has 0 aliphatic carbocycles. The number of aromatic nitrogens is 2. The first-order valence-corrected chi connectivity index (χ1v) is 7.51. The van der Waals surface area contributed by atoms with E-state index in [1.54, 1.807) is 0 Å². The summed E-state index contributed by atoms with van der Waals surface area (Å²) >= 11 is 1.40. The lowest BCUT2D eigenvalue weighted by atomic mass is 10.1. The average molecular weight is 286 g/mol. The first-order valence-electron chi connectivity index (χ1n) is 6.52. The smallest absolute Gasteiger partial charge is 0.188 e. The number of aryl methyl sites for hydroxylation is 3. The van der Waals surface area contributed by atoms with Crippen LogP contribution in [0, 0.1) is 27.7 Å². The van der Waals surface area contributed by atoms with Gasteiger partial charge in [0.15, 0.2) is 10.9 Å². The van der Waals surface area contributed by atoms with E-state index in [-0.39, 0.29) is 5.78 Å². The maximum absolute atomic E-state index is 12.2. The van der Waals surface area contributed by atoms with Crippen molar-refractivity contribution in [2.75, 3.05) is 5.75 Å². The van der Waals surface area contributed by atoms with Crippen LogP contribution in [0.2, 0.25) is 0 Å². The third-order valence-electron chi connectivity index (χ3n) is 3.39. The molecule has 0 aliphatic heterocycles. The molecule has 0 saturated heterocycles. The Morgan fingerprint density at radius 3 is 2.25 bits per heavy atom. The Balaban J connectivity index is 2.10. The number of thioether (sulfide) groups is 1. The van der Waals surface area contributed by atoms with Gasteiger partial charge in [-0.15, -0.1) is 0 Å². The second-order valence-corrected chi connectivity index (χ2v) is 5.77. The van der Waals surface area contributed by atoms with E-state index < -0.39 is 0 Å². The predicted octanol–water partition coefficient (Wildman–Crippen LogP) is 3.69. The van der Waals surface area contributed by atoms with E-state index >= 15 is 0 Å². The first kappa shape index (κ1) is 14.7. The van der Waals surface area contributed by atoms with Gasteiger partial charge in [0.25, 0.3) is 0 Å². The number of hydrogen-bond donors (Lipinski definition) is 0. The minimum atomic E-state index is 0.118. The van der Waals surface area contributed by atoms with E-state index in [2.05, 4.69) is 9.97 Å². The van der Waals surface area contributed by atoms with Gasteiger partial charge in [0.1, 0.15) is 0 Å². The summed E-state index contributed by atoms with van der Waals surface area (Å²) in [7, 11) is 0. The molecule has 3 nitrogen and oxygen atoms in total. The van der Waals surface area contributed by atoms with Gasteiger partial charge in [0.2, 0.25) is 0 Å². The van der Waals surface area contributed by atoms with Crippen LogP contribution in [0.25, 0.3) is 0 Å². The van der Waals surface area contributed by atoms with Gasteiger partial charge < -0.3 is 0 Å². The van der Waals surface area contributed by atoms with Gasteiger partial charge in [0, 0.05) is 17.0 Å². The summed E-state index contributed by atoms with van der Waals surface area (Å²) in [5.74, 6) is 0.486. The fraction of sp³-hybridized carbons (Fsp3) is 0.312. The summed E-state index contributed by atoms with van der Waals surface area (Å²) in [5, 5.41) is 0.674. The molecule has 4 heteroatoms. The fourth-order valence-corrected chi connectivity index (χ4v) is 2.72. The number of benzene rings is 1. The maximum atomic E-state index is 12.2. The number of carbonyl (C=O) groups excluding carboxylic acids is 1. The lowest BCUT2D eigenvalue weighted by Crippen LogP contribution is -2.06. The molecule has 0 spiro atoms. The second kappa shape index (κ2) is 6.18. The van der Waals surface area contributed by atoms with Gasteiger partial charge in [-0.3, -0.25) is 4.79 Å². The molecular weight excluding hydrogens is 268 g/mol. The van der Waals surface area contributed by atoms with E-state index in [9.17, 15) is 4.79 Å². The summed E-state index contributed by atoms with van der Waals surface area (Å²) in [6.45, 7) is 7.90. The van der Waals surface area contributed by atoms with Crippen molar-refractivity contribution in [3.05, 3.63) is 52.3 Å². The monoisotopic (exact) mass is 286 g/mol. The normalized spacial score (nSPS) is 10.6. The van der Waals surface area contributed by atoms with Crippen molar-refractivity contribution in [2.24, 2.45) is 0 Å². The third-order valence-corrected chi connectivity index (χ3v) is 4.24. The number of Topliss-reactive ketones (excluding diaryl/α,β-unsaturated/α-hetero) is 1. The number of nitrogens with zero attached hydrogens (tertiary/aromatic N) is 2. The van der Waals surface area contributed by atoms with E-state index in [4.69, 9.17) is 0 Å². The van der Waals surface area contributed by atoms with Gasteiger partial charge in [-0.25, -0.2) is 9.97 Å². The van der Waals surface area contributed by atoms with Crippen molar-refractivity contribution in [3.63, 3.8) is 0 Å². The molecule has 0 bridgehead atoms. The Labute approximate surface area is 123 Å². The minimum absolute atomic E-state index is 0.118. The molecule has 1 heterocycles. The lowest BCUT2D eigenvalue weighted by molar-refractivity contribution is 0.102. The van der Waals surface area contributed by atoms with Crippen molar-refractivity contribution in [1.82, 2.24) is 9.97 Å². The highest BCUT2D eigenvalue weighted by atomic mass is 32.2. The molecule has 0 aliphatic rings. The topological polar surface area (TPSA) is 42.9 Å². The van der Waals surface area contributed by atoms with E-state index in [0.717, 1.165) is 28.1 Å². The van der Waals surface area contributed by atoms with Crippen molar-refractivity contribution >= 4 is 17.5 Å². The molecule has 0 saturated carbocycles. The van der Waals surface area contributed by atoms with Crippen LogP contribution >= 0.6 is 11.8 Å². The Morgan fingerprint density at radius 2 is 1.65 bits per heavy atom. The Hall–Kier alpha value is -1.68. The summed E-state index contributed by atoms with van der Waals surface area (Å²) < 4.78 is 0. The van der Waals surface area contributed by atoms with Crippen molar-refractivity contribution in [3.8, 4) is 0 Å². The Kier molecular flexibility index (Phi) is 4.55. The van der Waals surface area contributed by atoms with Crippen LogP contribution in [-0.4, -0.2) is 21.5 Å². The molecule has 1 aromatic carbocycles. The molecule has 0 fully saturated rings. The van der Waals surface area contributed by atoms with E-state index in [1.165, 1.54) is 11.8 Å². The molecule has 20 heavy (non-hydrogen) atoms. The minimum Gasteiger partial charge on any atom is -0.293 e. The van der Waals surface area contributed by atoms with E-state index in [1.807, 2.05) is 52.0 Å². The third kappa shape index (κ3) is 3.25. The van der Waals surface area contributed by atoms with Gasteiger partial charge >= 0.3 is 0 Å². The number of ketones is 1. The van der Waals surface area contributed by atoms with Gasteiger partial charge in [0.05, 0.1) is 5.75 Å². The SMILES string of the molecule is Cc1ccccc1C(=O)CSc1nc(C)c(C)c(C)n1. The molecule has 0 atom stereocenters. The highest BCUT2D eigenvalue weighted by Gasteiger charge is 2.11. The quantitative estimate of drug-likeness (QED) is 0.488. The zero-order valence-electron chi connectivity index (χ0n) is 12.2. The van der Waals surface area contributed by atoms with Gasteiger partial charge in [-0.2, -0.15) is 0 Å². The molecule has 0 unspecified atom stereocenters. The van der Waals surface area contributed by atoms with Crippen molar-refractivity contribution in [2.45, 2.75) is 32.9 Å². The van der Waals surface area contributed by atoms with Gasteiger partial charge in [-0.05, 0) is 38.8 Å². The standard InChI is InChI=1S/C16H18N2OS/c1-10-7-5-6-8-14(10)15(19)9-20-16-17-12(3)11(2)13(4)18-16/h5-8H,9H2,1-4H3. The molecule has 0 amide bonds. The summed E-state index contributed by atoms with van der Waals surface area (Å²) in [6, 6.07) is 7.65. The zero-order valence-corrected chi connectivity index (χ0v) is 13.0. The molecular formula is C16H18N2OS. The highest BCUT2D eigenvalue weighted by Crippen LogP contribution is 2.19. The van der Waals surface area contributed by atoms with Crippen LogP contribution < -0.4 is 0 Å². The molecule has 1 aromatic heterocycles. The van der Waals surface area contributed by atoms with Crippen LogP contribution in [-0.2, 0) is 0 Å². The zero-order chi connectivity index (χ0) is 14.7. The maximum Gasteiger partial charge on any atom is 0.188 e. The largest absolute Gasteiger partial charge is 0.293 e. The van der Waals surface area contributed by atoms with Crippen LogP contribution in [0.3, 0.4) is 0 Å². The highest BCUT2D eigenvalue weighted by molar-refractivity contribution is 7.99. The van der Waals surface area contributed by atoms with Crippen LogP contribution in [0.1, 0.15) is 32.9 Å². The molecule has 0 N–H and O–H groups in total. The van der Waals surface area contributed by atoms with Gasteiger partial charge in [-0.1, -0.05) is 36.0 Å². The number of hydrogen-bond acceptors (Lipinski definition) is 4. The number of rotatable bonds is 4. The summed E-state index contributed by atoms with van der Waals surface area (Å²) in [5.41, 5.74) is 4.85. The summed E-state index contributed by atoms with van der Waals surface area (Å²) in [4.78, 5) is 21.0. The summed E-state index contributed by atoms with van der Waals surface area (Å²) in [6.07, 6.45) is 0. The molecule has 2 aromatic rings. The van der Waals surface area contributed by atoms with Crippen molar-refractivity contribution in [1.29, 1.82) is 0 Å². The van der Waals surface area contributed by atoms with Crippen LogP contribution in [0.15, 0.2) is 29.4 Å². The van der Waals surface area contributed by atoms with Crippen molar-refractivity contribution < 1.29 is 4.79 Å². The molecule has 2 rings (SSSR count). The number of carbonyl (C=O) groups is 1. The Bertz CT molecular complexity index is 630. The van der Waals surface area contributed by atoms with Crippen LogP contribution in [0.4, 0.5) is 0 Å². The second-order valence-electron chi connectivity index (χ2n) is 4.83. The lowest BCUT2D eigenvalue weighted by Gasteiger charge is -2.07.